The highest BCUT2D eigenvalue weighted by Gasteiger charge is 2.20. The van der Waals surface area contributed by atoms with Crippen LogP contribution in [0.1, 0.15) is 6.92 Å². The van der Waals surface area contributed by atoms with E-state index in [4.69, 9.17) is 0 Å². The highest BCUT2D eigenvalue weighted by Crippen LogP contribution is 2.27. The van der Waals surface area contributed by atoms with E-state index < -0.39 is 0 Å². The number of anilines is 1. The molecule has 1 N–H and O–H groups in total. The zero-order chi connectivity index (χ0) is 12.4. The van der Waals surface area contributed by atoms with Gasteiger partial charge in [-0.15, -0.1) is 0 Å². The summed E-state index contributed by atoms with van der Waals surface area (Å²) < 4.78 is 0. The van der Waals surface area contributed by atoms with E-state index >= 15 is 0 Å². The lowest BCUT2D eigenvalue weighted by Gasteiger charge is -2.34. The van der Waals surface area contributed by atoms with E-state index in [0.717, 1.165) is 19.0 Å². The molecule has 0 aliphatic carbocycles. The van der Waals surface area contributed by atoms with Crippen molar-refractivity contribution in [3.8, 4) is 0 Å². The molecule has 0 atom stereocenters. The van der Waals surface area contributed by atoms with Crippen LogP contribution in [0.3, 0.4) is 0 Å². The Hall–Kier alpha value is -1.54. The predicted octanol–water partition coefficient (Wildman–Crippen LogP) is 2.89. The Morgan fingerprint density at radius 2 is 1.89 bits per heavy atom. The summed E-state index contributed by atoms with van der Waals surface area (Å²) in [5, 5.41) is 6.06. The molecule has 18 heavy (non-hydrogen) atoms. The number of nitrogens with one attached hydrogen (secondary N) is 1. The summed E-state index contributed by atoms with van der Waals surface area (Å²) in [7, 11) is 0. The number of rotatable bonds is 4. The number of nitrogens with zero attached hydrogens (tertiary/aromatic N) is 1. The first-order valence-electron chi connectivity index (χ1n) is 6.82. The SMILES string of the molecule is CCN(CC1CNC1)c1cccc2ccccc12. The fourth-order valence-electron chi connectivity index (χ4n) is 2.67. The van der Waals surface area contributed by atoms with E-state index in [9.17, 15) is 0 Å². The van der Waals surface area contributed by atoms with E-state index in [2.05, 4.69) is 59.6 Å². The van der Waals surface area contributed by atoms with Crippen LogP contribution in [0.2, 0.25) is 0 Å². The summed E-state index contributed by atoms with van der Waals surface area (Å²) in [5.41, 5.74) is 1.38. The first kappa shape index (κ1) is 11.5. The second-order valence-corrected chi connectivity index (χ2v) is 5.06. The van der Waals surface area contributed by atoms with E-state index in [-0.39, 0.29) is 0 Å². The lowest BCUT2D eigenvalue weighted by molar-refractivity contribution is 0.350. The summed E-state index contributed by atoms with van der Waals surface area (Å²) in [6.07, 6.45) is 0. The van der Waals surface area contributed by atoms with Crippen molar-refractivity contribution in [2.24, 2.45) is 5.92 Å². The van der Waals surface area contributed by atoms with Gasteiger partial charge in [0, 0.05) is 43.2 Å². The second-order valence-electron chi connectivity index (χ2n) is 5.06. The number of hydrogen-bond acceptors (Lipinski definition) is 2. The van der Waals surface area contributed by atoms with Crippen LogP contribution in [-0.4, -0.2) is 26.2 Å². The van der Waals surface area contributed by atoms with E-state index in [1.54, 1.807) is 0 Å². The lowest BCUT2D eigenvalue weighted by atomic mass is 10.0. The van der Waals surface area contributed by atoms with Gasteiger partial charge in [0.15, 0.2) is 0 Å². The molecule has 1 aliphatic heterocycles. The van der Waals surface area contributed by atoms with Gasteiger partial charge in [0.25, 0.3) is 0 Å². The molecule has 94 valence electrons. The van der Waals surface area contributed by atoms with Crippen LogP contribution >= 0.6 is 0 Å². The molecular weight excluding hydrogens is 220 g/mol. The first-order chi connectivity index (χ1) is 8.88. The number of fused-ring (bicyclic) bond motifs is 1. The van der Waals surface area contributed by atoms with Gasteiger partial charge in [-0.25, -0.2) is 0 Å². The fraction of sp³-hybridized carbons (Fsp3) is 0.375. The van der Waals surface area contributed by atoms with Crippen LogP contribution in [0.15, 0.2) is 42.5 Å². The molecule has 1 fully saturated rings. The minimum Gasteiger partial charge on any atom is -0.371 e. The van der Waals surface area contributed by atoms with Crippen LogP contribution in [-0.2, 0) is 0 Å². The molecule has 3 rings (SSSR count). The van der Waals surface area contributed by atoms with Crippen molar-refractivity contribution in [2.75, 3.05) is 31.1 Å². The highest BCUT2D eigenvalue weighted by atomic mass is 15.1. The topological polar surface area (TPSA) is 15.3 Å². The molecule has 2 heteroatoms. The third kappa shape index (κ3) is 2.08. The second kappa shape index (κ2) is 4.99. The third-order valence-corrected chi connectivity index (χ3v) is 3.83. The van der Waals surface area contributed by atoms with Crippen molar-refractivity contribution in [2.45, 2.75) is 6.92 Å². The van der Waals surface area contributed by atoms with Gasteiger partial charge in [-0.2, -0.15) is 0 Å². The molecule has 0 saturated carbocycles. The quantitative estimate of drug-likeness (QED) is 0.884. The molecule has 1 heterocycles. The minimum atomic E-state index is 0.809. The van der Waals surface area contributed by atoms with Crippen molar-refractivity contribution in [1.29, 1.82) is 0 Å². The predicted molar refractivity (Wildman–Crippen MR) is 78.2 cm³/mol. The Morgan fingerprint density at radius 1 is 1.11 bits per heavy atom. The molecule has 2 nitrogen and oxygen atoms in total. The summed E-state index contributed by atoms with van der Waals surface area (Å²) in [6.45, 7) is 6.82. The molecule has 0 unspecified atom stereocenters. The van der Waals surface area contributed by atoms with E-state index in [1.807, 2.05) is 0 Å². The van der Waals surface area contributed by atoms with Crippen LogP contribution in [0.25, 0.3) is 10.8 Å². The Kier molecular flexibility index (Phi) is 3.20. The lowest BCUT2D eigenvalue weighted by Crippen LogP contribution is -2.48. The van der Waals surface area contributed by atoms with Crippen molar-refractivity contribution in [3.05, 3.63) is 42.5 Å². The summed E-state index contributed by atoms with van der Waals surface area (Å²) >= 11 is 0. The Bertz CT molecular complexity index is 526. The molecule has 0 amide bonds. The molecule has 1 aliphatic rings. The molecule has 0 radical (unpaired) electrons. The normalized spacial score (nSPS) is 15.6. The van der Waals surface area contributed by atoms with Crippen molar-refractivity contribution < 1.29 is 0 Å². The van der Waals surface area contributed by atoms with Crippen molar-refractivity contribution in [3.63, 3.8) is 0 Å². The Labute approximate surface area is 109 Å². The van der Waals surface area contributed by atoms with Crippen LogP contribution in [0.5, 0.6) is 0 Å². The Balaban J connectivity index is 1.95. The van der Waals surface area contributed by atoms with Crippen LogP contribution in [0.4, 0.5) is 5.69 Å². The van der Waals surface area contributed by atoms with Gasteiger partial charge in [-0.05, 0) is 18.4 Å². The molecule has 1 saturated heterocycles. The van der Waals surface area contributed by atoms with Gasteiger partial charge >= 0.3 is 0 Å². The molecule has 0 spiro atoms. The van der Waals surface area contributed by atoms with Gasteiger partial charge in [-0.3, -0.25) is 0 Å². The maximum absolute atomic E-state index is 3.35. The van der Waals surface area contributed by atoms with Gasteiger partial charge in [0.2, 0.25) is 0 Å². The fourth-order valence-corrected chi connectivity index (χ4v) is 2.67. The number of benzene rings is 2. The molecule has 2 aromatic carbocycles. The average molecular weight is 240 g/mol. The highest BCUT2D eigenvalue weighted by molar-refractivity contribution is 5.94. The average Bonchev–Trinajstić information content (AvgIpc) is 2.38. The van der Waals surface area contributed by atoms with Crippen LogP contribution < -0.4 is 10.2 Å². The largest absolute Gasteiger partial charge is 0.371 e. The minimum absolute atomic E-state index is 0.809. The molecule has 0 aromatic heterocycles. The maximum atomic E-state index is 3.35. The summed E-state index contributed by atoms with van der Waals surface area (Å²) in [5.74, 6) is 0.809. The van der Waals surface area contributed by atoms with E-state index in [0.29, 0.717) is 0 Å². The van der Waals surface area contributed by atoms with Crippen LogP contribution in [0, 0.1) is 5.92 Å². The smallest absolute Gasteiger partial charge is 0.0445 e. The zero-order valence-electron chi connectivity index (χ0n) is 10.9. The van der Waals surface area contributed by atoms with Gasteiger partial charge in [0.1, 0.15) is 0 Å². The maximum Gasteiger partial charge on any atom is 0.0445 e. The summed E-state index contributed by atoms with van der Waals surface area (Å²) in [6, 6.07) is 15.3. The Morgan fingerprint density at radius 3 is 2.61 bits per heavy atom. The zero-order valence-corrected chi connectivity index (χ0v) is 10.9. The standard InChI is InChI=1S/C16H20N2/c1-2-18(12-13-10-17-11-13)16-9-5-7-14-6-3-4-8-15(14)16/h3-9,13,17H,2,10-12H2,1H3. The van der Waals surface area contributed by atoms with Crippen molar-refractivity contribution >= 4 is 16.5 Å². The van der Waals surface area contributed by atoms with Gasteiger partial charge in [0.05, 0.1) is 0 Å². The molecule has 0 bridgehead atoms. The summed E-state index contributed by atoms with van der Waals surface area (Å²) in [4.78, 5) is 2.51. The first-order valence-corrected chi connectivity index (χ1v) is 6.82. The van der Waals surface area contributed by atoms with E-state index in [1.165, 1.54) is 29.5 Å². The third-order valence-electron chi connectivity index (χ3n) is 3.83. The van der Waals surface area contributed by atoms with Crippen molar-refractivity contribution in [1.82, 2.24) is 5.32 Å². The van der Waals surface area contributed by atoms with Gasteiger partial charge < -0.3 is 10.2 Å². The van der Waals surface area contributed by atoms with Gasteiger partial charge in [-0.1, -0.05) is 36.4 Å². The number of hydrogen-bond donors (Lipinski definition) is 1. The molecule has 2 aromatic rings. The monoisotopic (exact) mass is 240 g/mol. The molecular formula is C16H20N2.